The number of azide groups is 2. The molecule has 2 aromatic carbocycles. The number of hydrogen-bond donors (Lipinski definition) is 0. The van der Waals surface area contributed by atoms with E-state index in [1.165, 1.54) is 28.1 Å². The van der Waals surface area contributed by atoms with Crippen LogP contribution in [0.25, 0.3) is 20.9 Å². The van der Waals surface area contributed by atoms with Crippen molar-refractivity contribution in [1.82, 2.24) is 0 Å². The molecule has 0 fully saturated rings. The summed E-state index contributed by atoms with van der Waals surface area (Å²) in [5.74, 6) is 0.408. The fourth-order valence-corrected chi connectivity index (χ4v) is 2.97. The van der Waals surface area contributed by atoms with Crippen molar-refractivity contribution >= 4 is 5.78 Å². The minimum absolute atomic E-state index is 0.414. The number of rotatable bonds is 8. The van der Waals surface area contributed by atoms with Gasteiger partial charge in [0, 0.05) is 9.82 Å². The summed E-state index contributed by atoms with van der Waals surface area (Å²) < 4.78 is 10.4. The molecule has 0 aromatic heterocycles. The van der Waals surface area contributed by atoms with Crippen LogP contribution in [0.1, 0.15) is 25.0 Å². The van der Waals surface area contributed by atoms with Crippen LogP contribution in [0.2, 0.25) is 0 Å². The molecule has 0 aliphatic rings. The highest BCUT2D eigenvalue weighted by Crippen LogP contribution is 2.40. The molecular formula is C19H20N6O3. The van der Waals surface area contributed by atoms with Crippen LogP contribution in [-0.4, -0.2) is 20.0 Å². The molecule has 2 aromatic rings. The molecule has 28 heavy (non-hydrogen) atoms. The van der Waals surface area contributed by atoms with E-state index in [0.717, 1.165) is 0 Å². The molecule has 9 heteroatoms. The van der Waals surface area contributed by atoms with Gasteiger partial charge < -0.3 is 9.47 Å². The molecule has 0 spiro atoms. The fourth-order valence-electron chi connectivity index (χ4n) is 2.97. The molecule has 9 nitrogen and oxygen atoms in total. The minimum atomic E-state index is -1.64. The molecule has 2 unspecified atom stereocenters. The summed E-state index contributed by atoms with van der Waals surface area (Å²) in [4.78, 5) is 19.4. The number of nitrogens with zero attached hydrogens (tertiary/aromatic N) is 6. The normalized spacial score (nSPS) is 14.4. The molecule has 0 radical (unpaired) electrons. The highest BCUT2D eigenvalue weighted by Gasteiger charge is 2.47. The van der Waals surface area contributed by atoms with Gasteiger partial charge in [0.05, 0.1) is 14.2 Å². The average molecular weight is 380 g/mol. The summed E-state index contributed by atoms with van der Waals surface area (Å²) in [6.07, 6.45) is 0. The van der Waals surface area contributed by atoms with Gasteiger partial charge in [0.15, 0.2) is 5.78 Å². The standard InChI is InChI=1S/C19H20N6O3/c1-18(22-24-20,13-7-5-9-15(11-13)27-3)17(26)19(2,23-25-21)14-8-6-10-16(12-14)28-4/h5-12H,1-4H3. The van der Waals surface area contributed by atoms with E-state index in [9.17, 15) is 4.79 Å². The van der Waals surface area contributed by atoms with Crippen LogP contribution in [0.5, 0.6) is 11.5 Å². The van der Waals surface area contributed by atoms with Crippen LogP contribution in [0.4, 0.5) is 0 Å². The van der Waals surface area contributed by atoms with Crippen molar-refractivity contribution in [2.24, 2.45) is 10.2 Å². The molecule has 0 aliphatic heterocycles. The zero-order valence-electron chi connectivity index (χ0n) is 16.0. The number of ether oxygens (including phenoxy) is 2. The van der Waals surface area contributed by atoms with E-state index in [4.69, 9.17) is 20.5 Å². The Kier molecular flexibility index (Phi) is 6.15. The van der Waals surface area contributed by atoms with Gasteiger partial charge in [-0.1, -0.05) is 34.5 Å². The smallest absolute Gasteiger partial charge is 0.165 e. The average Bonchev–Trinajstić information content (AvgIpc) is 2.73. The second-order valence-electron chi connectivity index (χ2n) is 6.32. The van der Waals surface area contributed by atoms with Crippen LogP contribution in [0.3, 0.4) is 0 Å². The first-order valence-electron chi connectivity index (χ1n) is 8.32. The molecule has 0 amide bonds. The SMILES string of the molecule is COc1cccc(C(C)(N=[N+]=[N-])C(=O)C(C)(N=[N+]=[N-])c2cccc(OC)c2)c1. The van der Waals surface area contributed by atoms with Gasteiger partial charge in [-0.3, -0.25) is 4.79 Å². The van der Waals surface area contributed by atoms with Crippen molar-refractivity contribution in [1.29, 1.82) is 0 Å². The van der Waals surface area contributed by atoms with E-state index >= 15 is 0 Å². The summed E-state index contributed by atoms with van der Waals surface area (Å²) in [6.45, 7) is 2.96. The van der Waals surface area contributed by atoms with Crippen molar-refractivity contribution in [3.63, 3.8) is 0 Å². The Bertz CT molecular complexity index is 904. The van der Waals surface area contributed by atoms with Gasteiger partial charge in [0.2, 0.25) is 0 Å². The largest absolute Gasteiger partial charge is 0.497 e. The Hall–Kier alpha value is -3.67. The lowest BCUT2D eigenvalue weighted by molar-refractivity contribution is -0.129. The molecule has 0 saturated heterocycles. The molecule has 2 rings (SSSR count). The number of carbonyl (C=O) groups is 1. The number of carbonyl (C=O) groups excluding carboxylic acids is 1. The van der Waals surface area contributed by atoms with Gasteiger partial charge in [-0.05, 0) is 60.3 Å². The summed E-state index contributed by atoms with van der Waals surface area (Å²) in [6, 6.07) is 13.3. The number of benzene rings is 2. The molecule has 0 saturated carbocycles. The van der Waals surface area contributed by atoms with Gasteiger partial charge in [0.25, 0.3) is 0 Å². The number of Topliss-reactive ketones (excluding diaryl/α,β-unsaturated/α-hetero) is 1. The Morgan fingerprint density at radius 1 is 0.857 bits per heavy atom. The minimum Gasteiger partial charge on any atom is -0.497 e. The summed E-state index contributed by atoms with van der Waals surface area (Å²) >= 11 is 0. The van der Waals surface area contributed by atoms with Crippen molar-refractivity contribution in [3.05, 3.63) is 80.5 Å². The maximum Gasteiger partial charge on any atom is 0.165 e. The maximum absolute atomic E-state index is 13.7. The third kappa shape index (κ3) is 3.71. The quantitative estimate of drug-likeness (QED) is 0.361. The van der Waals surface area contributed by atoms with Crippen LogP contribution < -0.4 is 9.47 Å². The van der Waals surface area contributed by atoms with Gasteiger partial charge >= 0.3 is 0 Å². The predicted octanol–water partition coefficient (Wildman–Crippen LogP) is 5.02. The fraction of sp³-hybridized carbons (Fsp3) is 0.316. The highest BCUT2D eigenvalue weighted by atomic mass is 16.5. The van der Waals surface area contributed by atoms with Gasteiger partial charge in [-0.15, -0.1) is 0 Å². The topological polar surface area (TPSA) is 133 Å². The van der Waals surface area contributed by atoms with Crippen LogP contribution >= 0.6 is 0 Å². The first kappa shape index (κ1) is 20.6. The molecular weight excluding hydrogens is 360 g/mol. The number of ketones is 1. The molecule has 0 aliphatic carbocycles. The van der Waals surface area contributed by atoms with Crippen LogP contribution in [0.15, 0.2) is 58.8 Å². The Morgan fingerprint density at radius 3 is 1.57 bits per heavy atom. The van der Waals surface area contributed by atoms with E-state index in [1.54, 1.807) is 48.5 Å². The second kappa shape index (κ2) is 8.35. The van der Waals surface area contributed by atoms with Crippen molar-refractivity contribution in [2.45, 2.75) is 24.9 Å². The molecule has 2 atom stereocenters. The van der Waals surface area contributed by atoms with Gasteiger partial charge in [-0.25, -0.2) is 0 Å². The zero-order valence-corrected chi connectivity index (χ0v) is 16.0. The van der Waals surface area contributed by atoms with Gasteiger partial charge in [-0.2, -0.15) is 0 Å². The van der Waals surface area contributed by atoms with E-state index in [2.05, 4.69) is 20.1 Å². The third-order valence-corrected chi connectivity index (χ3v) is 4.64. The van der Waals surface area contributed by atoms with Gasteiger partial charge in [0.1, 0.15) is 22.6 Å². The first-order chi connectivity index (χ1) is 13.4. The van der Waals surface area contributed by atoms with E-state index < -0.39 is 16.9 Å². The molecule has 0 bridgehead atoms. The number of methoxy groups -OCH3 is 2. The summed E-state index contributed by atoms with van der Waals surface area (Å²) in [5, 5.41) is 7.56. The lowest BCUT2D eigenvalue weighted by Gasteiger charge is -2.33. The van der Waals surface area contributed by atoms with Crippen molar-refractivity contribution in [3.8, 4) is 11.5 Å². The van der Waals surface area contributed by atoms with Crippen LogP contribution in [0, 0.1) is 0 Å². The Morgan fingerprint density at radius 2 is 1.25 bits per heavy atom. The second-order valence-corrected chi connectivity index (χ2v) is 6.32. The van der Waals surface area contributed by atoms with Crippen LogP contribution in [-0.2, 0) is 15.9 Å². The van der Waals surface area contributed by atoms with E-state index in [-0.39, 0.29) is 0 Å². The summed E-state index contributed by atoms with van der Waals surface area (Å²) in [7, 11) is 2.98. The van der Waals surface area contributed by atoms with E-state index in [1.807, 2.05) is 0 Å². The highest BCUT2D eigenvalue weighted by molar-refractivity contribution is 5.98. The van der Waals surface area contributed by atoms with Crippen molar-refractivity contribution < 1.29 is 14.3 Å². The third-order valence-electron chi connectivity index (χ3n) is 4.64. The molecule has 0 heterocycles. The lowest BCUT2D eigenvalue weighted by atomic mass is 9.76. The first-order valence-corrected chi connectivity index (χ1v) is 8.32. The molecule has 0 N–H and O–H groups in total. The van der Waals surface area contributed by atoms with E-state index in [0.29, 0.717) is 22.6 Å². The zero-order chi connectivity index (χ0) is 20.8. The Labute approximate surface area is 162 Å². The predicted molar refractivity (Wildman–Crippen MR) is 104 cm³/mol. The Balaban J connectivity index is 2.71. The molecule has 144 valence electrons. The monoisotopic (exact) mass is 380 g/mol. The number of hydrogen-bond acceptors (Lipinski definition) is 5. The maximum atomic E-state index is 13.7. The summed E-state index contributed by atoms with van der Waals surface area (Å²) in [5.41, 5.74) is 15.8. The lowest BCUT2D eigenvalue weighted by Crippen LogP contribution is -2.43. The van der Waals surface area contributed by atoms with Crippen molar-refractivity contribution in [2.75, 3.05) is 14.2 Å².